The highest BCUT2D eigenvalue weighted by Crippen LogP contribution is 2.23. The van der Waals surface area contributed by atoms with Crippen LogP contribution < -0.4 is 5.73 Å². The summed E-state index contributed by atoms with van der Waals surface area (Å²) >= 11 is 0. The van der Waals surface area contributed by atoms with Gasteiger partial charge in [0.25, 0.3) is 0 Å². The number of carbonyl (C=O) groups excluding carboxylic acids is 1. The normalized spacial score (nSPS) is 14.3. The summed E-state index contributed by atoms with van der Waals surface area (Å²) in [7, 11) is 0. The van der Waals surface area contributed by atoms with E-state index in [1.54, 1.807) is 6.92 Å². The molecule has 0 saturated heterocycles. The summed E-state index contributed by atoms with van der Waals surface area (Å²) in [5.74, 6) is -0.250. The second-order valence-electron chi connectivity index (χ2n) is 5.42. The van der Waals surface area contributed by atoms with E-state index in [2.05, 4.69) is 18.9 Å². The van der Waals surface area contributed by atoms with Crippen LogP contribution in [-0.2, 0) is 16.0 Å². The molecule has 0 saturated carbocycles. The molecule has 2 N–H and O–H groups in total. The quantitative estimate of drug-likeness (QED) is 0.742. The van der Waals surface area contributed by atoms with Crippen LogP contribution in [0.25, 0.3) is 0 Å². The van der Waals surface area contributed by atoms with Crippen LogP contribution >= 0.6 is 0 Å². The van der Waals surface area contributed by atoms with Gasteiger partial charge in [0.05, 0.1) is 23.8 Å². The molecule has 1 heterocycles. The van der Waals surface area contributed by atoms with Gasteiger partial charge in [-0.05, 0) is 32.8 Å². The molecule has 1 aromatic rings. The summed E-state index contributed by atoms with van der Waals surface area (Å²) in [6, 6.07) is 2.38. The van der Waals surface area contributed by atoms with Crippen molar-refractivity contribution in [2.45, 2.75) is 53.0 Å². The molecule has 1 atom stereocenters. The molecule has 5 heteroatoms. The van der Waals surface area contributed by atoms with Crippen molar-refractivity contribution in [3.05, 3.63) is 18.0 Å². The molecule has 114 valence electrons. The minimum Gasteiger partial charge on any atom is -0.466 e. The van der Waals surface area contributed by atoms with Gasteiger partial charge in [0, 0.05) is 19.2 Å². The minimum atomic E-state index is -0.705. The monoisotopic (exact) mass is 281 g/mol. The Kier molecular flexibility index (Phi) is 6.20. The average Bonchev–Trinajstić information content (AvgIpc) is 2.88. The molecule has 0 aliphatic heterocycles. The van der Waals surface area contributed by atoms with Crippen LogP contribution in [0.4, 0.5) is 0 Å². The third-order valence-electron chi connectivity index (χ3n) is 3.77. The molecule has 5 nitrogen and oxygen atoms in total. The topological polar surface area (TPSA) is 70.1 Å². The number of esters is 1. The SMILES string of the molecule is CCOC(=O)C(C)(CN)Cc1ccn(C(CC)CC)n1. The van der Waals surface area contributed by atoms with Crippen LogP contribution in [0.15, 0.2) is 12.3 Å². The average molecular weight is 281 g/mol. The molecule has 0 aromatic carbocycles. The Morgan fingerprint density at radius 1 is 1.45 bits per heavy atom. The van der Waals surface area contributed by atoms with Crippen molar-refractivity contribution in [3.63, 3.8) is 0 Å². The minimum absolute atomic E-state index is 0.250. The van der Waals surface area contributed by atoms with Crippen molar-refractivity contribution in [1.29, 1.82) is 0 Å². The Hall–Kier alpha value is -1.36. The van der Waals surface area contributed by atoms with E-state index in [0.29, 0.717) is 19.1 Å². The molecule has 1 unspecified atom stereocenters. The predicted molar refractivity (Wildman–Crippen MR) is 79.3 cm³/mol. The van der Waals surface area contributed by atoms with Crippen LogP contribution in [0.5, 0.6) is 0 Å². The summed E-state index contributed by atoms with van der Waals surface area (Å²) in [5, 5.41) is 4.58. The molecule has 20 heavy (non-hydrogen) atoms. The zero-order valence-corrected chi connectivity index (χ0v) is 13.1. The fourth-order valence-corrected chi connectivity index (χ4v) is 2.27. The largest absolute Gasteiger partial charge is 0.466 e. The summed E-state index contributed by atoms with van der Waals surface area (Å²) in [6.07, 6.45) is 4.58. The van der Waals surface area contributed by atoms with Crippen molar-refractivity contribution < 1.29 is 9.53 Å². The molecular weight excluding hydrogens is 254 g/mol. The van der Waals surface area contributed by atoms with Gasteiger partial charge in [-0.15, -0.1) is 0 Å². The van der Waals surface area contributed by atoms with E-state index in [-0.39, 0.29) is 12.5 Å². The van der Waals surface area contributed by atoms with Crippen LogP contribution in [0.2, 0.25) is 0 Å². The van der Waals surface area contributed by atoms with Gasteiger partial charge in [-0.3, -0.25) is 9.48 Å². The second kappa shape index (κ2) is 7.43. The molecule has 0 fully saturated rings. The summed E-state index contributed by atoms with van der Waals surface area (Å²) in [6.45, 7) is 8.56. The van der Waals surface area contributed by atoms with Crippen molar-refractivity contribution in [3.8, 4) is 0 Å². The van der Waals surface area contributed by atoms with Crippen molar-refractivity contribution >= 4 is 5.97 Å². The smallest absolute Gasteiger partial charge is 0.313 e. The summed E-state index contributed by atoms with van der Waals surface area (Å²) < 4.78 is 7.10. The summed E-state index contributed by atoms with van der Waals surface area (Å²) in [5.41, 5.74) is 5.95. The predicted octanol–water partition coefficient (Wildman–Crippen LogP) is 2.31. The van der Waals surface area contributed by atoms with Crippen molar-refractivity contribution in [2.24, 2.45) is 11.1 Å². The highest BCUT2D eigenvalue weighted by molar-refractivity contribution is 5.77. The summed E-state index contributed by atoms with van der Waals surface area (Å²) in [4.78, 5) is 12.0. The maximum atomic E-state index is 12.0. The zero-order chi connectivity index (χ0) is 15.2. The molecule has 0 aliphatic carbocycles. The Morgan fingerprint density at radius 2 is 2.10 bits per heavy atom. The molecule has 1 rings (SSSR count). The van der Waals surface area contributed by atoms with Gasteiger partial charge in [0.2, 0.25) is 0 Å². The fraction of sp³-hybridized carbons (Fsp3) is 0.733. The first-order valence-corrected chi connectivity index (χ1v) is 7.42. The van der Waals surface area contributed by atoms with Gasteiger partial charge in [-0.25, -0.2) is 0 Å². The highest BCUT2D eigenvalue weighted by atomic mass is 16.5. The molecular formula is C15H27N3O2. The lowest BCUT2D eigenvalue weighted by atomic mass is 9.85. The first-order chi connectivity index (χ1) is 9.50. The van der Waals surface area contributed by atoms with Gasteiger partial charge in [-0.2, -0.15) is 5.10 Å². The number of ether oxygens (including phenoxy) is 1. The van der Waals surface area contributed by atoms with E-state index in [9.17, 15) is 4.79 Å². The fourth-order valence-electron chi connectivity index (χ4n) is 2.27. The molecule has 0 spiro atoms. The van der Waals surface area contributed by atoms with Gasteiger partial charge >= 0.3 is 5.97 Å². The van der Waals surface area contributed by atoms with Crippen molar-refractivity contribution in [2.75, 3.05) is 13.2 Å². The number of rotatable bonds is 8. The number of nitrogens with zero attached hydrogens (tertiary/aromatic N) is 2. The number of nitrogens with two attached hydrogens (primary N) is 1. The number of hydrogen-bond donors (Lipinski definition) is 1. The maximum absolute atomic E-state index is 12.0. The van der Waals surface area contributed by atoms with E-state index < -0.39 is 5.41 Å². The first kappa shape index (κ1) is 16.7. The van der Waals surface area contributed by atoms with Gasteiger partial charge < -0.3 is 10.5 Å². The van der Waals surface area contributed by atoms with Crippen LogP contribution in [0.3, 0.4) is 0 Å². The van der Waals surface area contributed by atoms with Gasteiger partial charge in [0.15, 0.2) is 0 Å². The van der Waals surface area contributed by atoms with Crippen LogP contribution in [0.1, 0.15) is 52.3 Å². The van der Waals surface area contributed by atoms with E-state index >= 15 is 0 Å². The molecule has 0 aliphatic rings. The second-order valence-corrected chi connectivity index (χ2v) is 5.42. The zero-order valence-electron chi connectivity index (χ0n) is 13.1. The number of aromatic nitrogens is 2. The third-order valence-corrected chi connectivity index (χ3v) is 3.77. The highest BCUT2D eigenvalue weighted by Gasteiger charge is 2.34. The van der Waals surface area contributed by atoms with E-state index in [4.69, 9.17) is 10.5 Å². The standard InChI is InChI=1S/C15H27N3O2/c1-5-13(6-2)18-9-8-12(17-18)10-15(4,11-16)14(19)20-7-3/h8-9,13H,5-7,10-11,16H2,1-4H3. The van der Waals surface area contributed by atoms with E-state index in [1.165, 1.54) is 0 Å². The molecule has 0 bridgehead atoms. The van der Waals surface area contributed by atoms with E-state index in [0.717, 1.165) is 18.5 Å². The van der Waals surface area contributed by atoms with E-state index in [1.807, 2.05) is 23.9 Å². The molecule has 0 radical (unpaired) electrons. The lowest BCUT2D eigenvalue weighted by Gasteiger charge is -2.24. The number of hydrogen-bond acceptors (Lipinski definition) is 4. The maximum Gasteiger partial charge on any atom is 0.313 e. The molecule has 0 amide bonds. The lowest BCUT2D eigenvalue weighted by molar-refractivity contribution is -0.153. The first-order valence-electron chi connectivity index (χ1n) is 7.42. The Balaban J connectivity index is 2.83. The van der Waals surface area contributed by atoms with Crippen LogP contribution in [-0.4, -0.2) is 28.9 Å². The van der Waals surface area contributed by atoms with Gasteiger partial charge in [0.1, 0.15) is 0 Å². The van der Waals surface area contributed by atoms with Gasteiger partial charge in [-0.1, -0.05) is 13.8 Å². The Bertz CT molecular complexity index is 427. The third kappa shape index (κ3) is 3.82. The van der Waals surface area contributed by atoms with Crippen molar-refractivity contribution in [1.82, 2.24) is 9.78 Å². The molecule has 1 aromatic heterocycles. The van der Waals surface area contributed by atoms with Crippen LogP contribution in [0, 0.1) is 5.41 Å². The lowest BCUT2D eigenvalue weighted by Crippen LogP contribution is -2.39. The number of carbonyl (C=O) groups is 1. The Morgan fingerprint density at radius 3 is 2.60 bits per heavy atom. The Labute approximate surface area is 121 Å².